The highest BCUT2D eigenvalue weighted by molar-refractivity contribution is 6.39. The van der Waals surface area contributed by atoms with Crippen LogP contribution in [0.5, 0.6) is 0 Å². The van der Waals surface area contributed by atoms with E-state index in [0.717, 1.165) is 31.9 Å². The topological polar surface area (TPSA) is 84.9 Å². The van der Waals surface area contributed by atoms with Crippen LogP contribution in [0.4, 0.5) is 11.4 Å². The molecule has 1 aromatic carbocycles. The van der Waals surface area contributed by atoms with Crippen molar-refractivity contribution >= 4 is 23.2 Å². The van der Waals surface area contributed by atoms with Crippen molar-refractivity contribution in [2.24, 2.45) is 0 Å². The van der Waals surface area contributed by atoms with Crippen LogP contribution >= 0.6 is 0 Å². The van der Waals surface area contributed by atoms with Gasteiger partial charge in [0.2, 0.25) is 0 Å². The number of benzene rings is 1. The second-order valence-corrected chi connectivity index (χ2v) is 6.79. The average molecular weight is 334 g/mol. The maximum Gasteiger partial charge on any atom is 0.313 e. The molecule has 0 unspecified atom stereocenters. The lowest BCUT2D eigenvalue weighted by atomic mass is 10.1. The molecule has 1 heterocycles. The van der Waals surface area contributed by atoms with Crippen molar-refractivity contribution in [2.75, 3.05) is 50.1 Å². The number of carbonyl (C=O) groups is 2. The Hall–Kier alpha value is -2.12. The molecule has 1 saturated heterocycles. The number of hydrogen-bond acceptors (Lipinski definition) is 5. The normalized spacial score (nSPS) is 15.9. The lowest BCUT2D eigenvalue weighted by Crippen LogP contribution is -2.50. The van der Waals surface area contributed by atoms with Crippen molar-refractivity contribution < 1.29 is 14.7 Å². The molecule has 132 valence electrons. The summed E-state index contributed by atoms with van der Waals surface area (Å²) in [6.07, 6.45) is 0. The standard InChI is InChI=1S/C17H26N4O3/c1-17(2,12-22)19-16(24)15(23)18-13-4-6-14(7-5-13)21-10-8-20(3)9-11-21/h4-7,22H,8-12H2,1-3H3,(H,18,23)(H,19,24). The van der Waals surface area contributed by atoms with Gasteiger partial charge in [-0.3, -0.25) is 9.59 Å². The first-order valence-electron chi connectivity index (χ1n) is 8.09. The first-order valence-corrected chi connectivity index (χ1v) is 8.09. The maximum absolute atomic E-state index is 11.9. The van der Waals surface area contributed by atoms with Gasteiger partial charge in [0.25, 0.3) is 0 Å². The minimum atomic E-state index is -0.834. The number of hydrogen-bond donors (Lipinski definition) is 3. The summed E-state index contributed by atoms with van der Waals surface area (Å²) in [5.74, 6) is -1.51. The van der Waals surface area contributed by atoms with Gasteiger partial charge in [-0.2, -0.15) is 0 Å². The molecule has 0 aliphatic carbocycles. The van der Waals surface area contributed by atoms with E-state index in [9.17, 15) is 9.59 Å². The lowest BCUT2D eigenvalue weighted by Gasteiger charge is -2.34. The molecule has 2 amide bonds. The Balaban J connectivity index is 1.91. The van der Waals surface area contributed by atoms with E-state index < -0.39 is 17.4 Å². The van der Waals surface area contributed by atoms with Gasteiger partial charge in [-0.15, -0.1) is 0 Å². The van der Waals surface area contributed by atoms with Crippen molar-refractivity contribution in [1.29, 1.82) is 0 Å². The van der Waals surface area contributed by atoms with E-state index in [1.165, 1.54) is 0 Å². The van der Waals surface area contributed by atoms with E-state index in [1.807, 2.05) is 12.1 Å². The number of aliphatic hydroxyl groups excluding tert-OH is 1. The van der Waals surface area contributed by atoms with Crippen LogP contribution in [0, 0.1) is 0 Å². The summed E-state index contributed by atoms with van der Waals surface area (Å²) in [4.78, 5) is 28.3. The molecule has 0 saturated carbocycles. The Morgan fingerprint density at radius 3 is 2.21 bits per heavy atom. The zero-order valence-electron chi connectivity index (χ0n) is 14.5. The molecule has 1 fully saturated rings. The van der Waals surface area contributed by atoms with Crippen LogP contribution in [0.1, 0.15) is 13.8 Å². The van der Waals surface area contributed by atoms with Crippen molar-refractivity contribution in [2.45, 2.75) is 19.4 Å². The third-order valence-electron chi connectivity index (χ3n) is 4.05. The van der Waals surface area contributed by atoms with E-state index in [1.54, 1.807) is 26.0 Å². The molecular formula is C17H26N4O3. The Kier molecular flexibility index (Phi) is 5.80. The highest BCUT2D eigenvalue weighted by Gasteiger charge is 2.23. The van der Waals surface area contributed by atoms with Gasteiger partial charge < -0.3 is 25.5 Å². The van der Waals surface area contributed by atoms with Crippen molar-refractivity contribution in [3.8, 4) is 0 Å². The third kappa shape index (κ3) is 4.94. The summed E-state index contributed by atoms with van der Waals surface area (Å²) in [6, 6.07) is 7.46. The van der Waals surface area contributed by atoms with Crippen LogP contribution in [-0.4, -0.2) is 67.2 Å². The number of aliphatic hydroxyl groups is 1. The van der Waals surface area contributed by atoms with E-state index in [-0.39, 0.29) is 6.61 Å². The molecular weight excluding hydrogens is 308 g/mol. The number of rotatable bonds is 4. The second-order valence-electron chi connectivity index (χ2n) is 6.79. The number of nitrogens with one attached hydrogen (secondary N) is 2. The highest BCUT2D eigenvalue weighted by atomic mass is 16.3. The van der Waals surface area contributed by atoms with Gasteiger partial charge >= 0.3 is 11.8 Å². The number of likely N-dealkylation sites (N-methyl/N-ethyl adjacent to an activating group) is 1. The molecule has 0 aromatic heterocycles. The van der Waals surface area contributed by atoms with E-state index in [0.29, 0.717) is 5.69 Å². The Morgan fingerprint density at radius 2 is 1.67 bits per heavy atom. The third-order valence-corrected chi connectivity index (χ3v) is 4.05. The number of carbonyl (C=O) groups excluding carboxylic acids is 2. The van der Waals surface area contributed by atoms with E-state index in [4.69, 9.17) is 5.11 Å². The van der Waals surface area contributed by atoms with Gasteiger partial charge in [0.15, 0.2) is 0 Å². The number of piperazine rings is 1. The summed E-state index contributed by atoms with van der Waals surface area (Å²) in [6.45, 7) is 7.04. The van der Waals surface area contributed by atoms with E-state index >= 15 is 0 Å². The minimum absolute atomic E-state index is 0.244. The molecule has 1 aliphatic heterocycles. The Labute approximate surface area is 142 Å². The van der Waals surface area contributed by atoms with Crippen molar-refractivity contribution in [1.82, 2.24) is 10.2 Å². The van der Waals surface area contributed by atoms with E-state index in [2.05, 4.69) is 27.5 Å². The fourth-order valence-electron chi connectivity index (χ4n) is 2.41. The molecule has 0 radical (unpaired) electrons. The fourth-order valence-corrected chi connectivity index (χ4v) is 2.41. The van der Waals surface area contributed by atoms with Gasteiger partial charge in [-0.25, -0.2) is 0 Å². The molecule has 0 spiro atoms. The number of nitrogens with zero attached hydrogens (tertiary/aromatic N) is 2. The zero-order chi connectivity index (χ0) is 17.7. The molecule has 1 aliphatic rings. The predicted molar refractivity (Wildman–Crippen MR) is 94.1 cm³/mol. The van der Waals surface area contributed by atoms with Gasteiger partial charge in [-0.1, -0.05) is 0 Å². The van der Waals surface area contributed by atoms with Crippen LogP contribution in [0.25, 0.3) is 0 Å². The second kappa shape index (κ2) is 7.63. The van der Waals surface area contributed by atoms with Crippen LogP contribution < -0.4 is 15.5 Å². The van der Waals surface area contributed by atoms with Crippen molar-refractivity contribution in [3.05, 3.63) is 24.3 Å². The Morgan fingerprint density at radius 1 is 1.08 bits per heavy atom. The quantitative estimate of drug-likeness (QED) is 0.688. The molecule has 0 bridgehead atoms. The summed E-state index contributed by atoms with van der Waals surface area (Å²) in [5.41, 5.74) is 0.835. The summed E-state index contributed by atoms with van der Waals surface area (Å²) >= 11 is 0. The summed E-state index contributed by atoms with van der Waals surface area (Å²) in [7, 11) is 2.11. The first-order chi connectivity index (χ1) is 11.3. The molecule has 24 heavy (non-hydrogen) atoms. The lowest BCUT2D eigenvalue weighted by molar-refractivity contribution is -0.137. The average Bonchev–Trinajstić information content (AvgIpc) is 2.56. The monoisotopic (exact) mass is 334 g/mol. The van der Waals surface area contributed by atoms with Gasteiger partial charge in [0.1, 0.15) is 0 Å². The SMILES string of the molecule is CN1CCN(c2ccc(NC(=O)C(=O)NC(C)(C)CO)cc2)CC1. The van der Waals surface area contributed by atoms with Crippen LogP contribution in [0.2, 0.25) is 0 Å². The highest BCUT2D eigenvalue weighted by Crippen LogP contribution is 2.19. The molecule has 1 aromatic rings. The molecule has 7 heteroatoms. The van der Waals surface area contributed by atoms with Crippen molar-refractivity contribution in [3.63, 3.8) is 0 Å². The number of amides is 2. The summed E-state index contributed by atoms with van der Waals surface area (Å²) < 4.78 is 0. The fraction of sp³-hybridized carbons (Fsp3) is 0.529. The smallest absolute Gasteiger partial charge is 0.313 e. The minimum Gasteiger partial charge on any atom is -0.394 e. The summed E-state index contributed by atoms with van der Waals surface area (Å²) in [5, 5.41) is 14.2. The predicted octanol–water partition coefficient (Wildman–Crippen LogP) is 0.264. The zero-order valence-corrected chi connectivity index (χ0v) is 14.5. The molecule has 3 N–H and O–H groups in total. The number of anilines is 2. The molecule has 2 rings (SSSR count). The van der Waals surface area contributed by atoms with Crippen LogP contribution in [0.3, 0.4) is 0 Å². The molecule has 7 nitrogen and oxygen atoms in total. The van der Waals surface area contributed by atoms with Gasteiger partial charge in [-0.05, 0) is 45.2 Å². The largest absolute Gasteiger partial charge is 0.394 e. The Bertz CT molecular complexity index is 578. The van der Waals surface area contributed by atoms with Gasteiger partial charge in [0, 0.05) is 37.6 Å². The van der Waals surface area contributed by atoms with Crippen LogP contribution in [0.15, 0.2) is 24.3 Å². The maximum atomic E-state index is 11.9. The van der Waals surface area contributed by atoms with Crippen LogP contribution in [-0.2, 0) is 9.59 Å². The molecule has 0 atom stereocenters. The first kappa shape index (κ1) is 18.2. The van der Waals surface area contributed by atoms with Gasteiger partial charge in [0.05, 0.1) is 12.1 Å².